The summed E-state index contributed by atoms with van der Waals surface area (Å²) in [6.45, 7) is 4.16. The van der Waals surface area contributed by atoms with Gasteiger partial charge in [-0.05, 0) is 18.1 Å². The molecule has 0 radical (unpaired) electrons. The third-order valence-corrected chi connectivity index (χ3v) is 3.80. The van der Waals surface area contributed by atoms with E-state index in [-0.39, 0.29) is 18.4 Å². The van der Waals surface area contributed by atoms with Crippen LogP contribution in [0, 0.1) is 0 Å². The second-order valence-electron chi connectivity index (χ2n) is 5.48. The number of nitrogens with zero attached hydrogens (tertiary/aromatic N) is 2. The number of hydrogen-bond donors (Lipinski definition) is 2. The maximum absolute atomic E-state index is 12.1. The molecule has 2 N–H and O–H groups in total. The van der Waals surface area contributed by atoms with Crippen LogP contribution in [0.2, 0.25) is 5.02 Å². The van der Waals surface area contributed by atoms with Gasteiger partial charge in [0.05, 0.1) is 6.10 Å². The zero-order valence-electron chi connectivity index (χ0n) is 12.9. The summed E-state index contributed by atoms with van der Waals surface area (Å²) >= 11 is 6.02. The van der Waals surface area contributed by atoms with E-state index in [2.05, 4.69) is 10.4 Å². The smallest absolute Gasteiger partial charge is 0.271 e. The molecule has 1 aromatic carbocycles. The van der Waals surface area contributed by atoms with Gasteiger partial charge < -0.3 is 10.4 Å². The van der Waals surface area contributed by atoms with Crippen molar-refractivity contribution in [3.63, 3.8) is 0 Å². The van der Waals surface area contributed by atoms with E-state index in [0.29, 0.717) is 16.3 Å². The summed E-state index contributed by atoms with van der Waals surface area (Å²) in [5.41, 5.74) is 1.92. The average Bonchev–Trinajstić information content (AvgIpc) is 2.87. The summed E-state index contributed by atoms with van der Waals surface area (Å²) in [7, 11) is 1.81. The largest absolute Gasteiger partial charge is 0.387 e. The SMILES string of the molecule is CC(C)c1cc(C(=O)NCC(O)c2ccccc2Cl)nn1C. The molecular weight excluding hydrogens is 302 g/mol. The number of aryl methyl sites for hydroxylation is 1. The molecule has 1 heterocycles. The van der Waals surface area contributed by atoms with E-state index in [9.17, 15) is 9.90 Å². The maximum Gasteiger partial charge on any atom is 0.271 e. The standard InChI is InChI=1S/C16H20ClN3O2/c1-10(2)14-8-13(19-20(14)3)16(22)18-9-15(21)11-6-4-5-7-12(11)17/h4-8,10,15,21H,9H2,1-3H3,(H,18,22). The van der Waals surface area contributed by atoms with Crippen LogP contribution in [-0.2, 0) is 7.05 Å². The predicted molar refractivity (Wildman–Crippen MR) is 86.0 cm³/mol. The van der Waals surface area contributed by atoms with E-state index < -0.39 is 6.10 Å². The lowest BCUT2D eigenvalue weighted by Crippen LogP contribution is -2.28. The van der Waals surface area contributed by atoms with Crippen LogP contribution in [0.3, 0.4) is 0 Å². The second kappa shape index (κ2) is 6.94. The van der Waals surface area contributed by atoms with Crippen molar-refractivity contribution in [2.45, 2.75) is 25.9 Å². The van der Waals surface area contributed by atoms with E-state index in [1.54, 1.807) is 35.0 Å². The molecule has 0 saturated heterocycles. The lowest BCUT2D eigenvalue weighted by atomic mass is 10.1. The summed E-state index contributed by atoms with van der Waals surface area (Å²) in [5, 5.41) is 17.5. The molecule has 0 spiro atoms. The Labute approximate surface area is 134 Å². The van der Waals surface area contributed by atoms with Crippen molar-refractivity contribution >= 4 is 17.5 Å². The molecule has 1 atom stereocenters. The third-order valence-electron chi connectivity index (χ3n) is 3.46. The number of aliphatic hydroxyl groups excluding tert-OH is 1. The van der Waals surface area contributed by atoms with E-state index >= 15 is 0 Å². The van der Waals surface area contributed by atoms with Gasteiger partial charge >= 0.3 is 0 Å². The summed E-state index contributed by atoms with van der Waals surface area (Å²) in [6, 6.07) is 8.78. The first-order valence-corrected chi connectivity index (χ1v) is 7.52. The van der Waals surface area contributed by atoms with Crippen molar-refractivity contribution in [3.8, 4) is 0 Å². The van der Waals surface area contributed by atoms with Crippen LogP contribution in [-0.4, -0.2) is 27.3 Å². The van der Waals surface area contributed by atoms with E-state index in [4.69, 9.17) is 11.6 Å². The molecule has 5 nitrogen and oxygen atoms in total. The van der Waals surface area contributed by atoms with Crippen molar-refractivity contribution < 1.29 is 9.90 Å². The van der Waals surface area contributed by atoms with Gasteiger partial charge in [0.15, 0.2) is 0 Å². The van der Waals surface area contributed by atoms with Gasteiger partial charge in [-0.1, -0.05) is 43.6 Å². The van der Waals surface area contributed by atoms with Crippen molar-refractivity contribution in [2.75, 3.05) is 6.54 Å². The summed E-state index contributed by atoms with van der Waals surface area (Å²) in [5.74, 6) is -0.0265. The Morgan fingerprint density at radius 1 is 1.41 bits per heavy atom. The number of carbonyl (C=O) groups excluding carboxylic acids is 1. The lowest BCUT2D eigenvalue weighted by molar-refractivity contribution is 0.0910. The van der Waals surface area contributed by atoms with Gasteiger partial charge in [0.25, 0.3) is 5.91 Å². The van der Waals surface area contributed by atoms with Crippen LogP contribution in [0.4, 0.5) is 0 Å². The van der Waals surface area contributed by atoms with E-state index in [1.165, 1.54) is 0 Å². The van der Waals surface area contributed by atoms with Gasteiger partial charge in [0.1, 0.15) is 5.69 Å². The molecule has 0 aliphatic rings. The molecule has 2 rings (SSSR count). The summed E-state index contributed by atoms with van der Waals surface area (Å²) < 4.78 is 1.70. The molecule has 2 aromatic rings. The zero-order chi connectivity index (χ0) is 16.3. The molecule has 0 saturated carbocycles. The Hall–Kier alpha value is -1.85. The number of aliphatic hydroxyl groups is 1. The highest BCUT2D eigenvalue weighted by Crippen LogP contribution is 2.22. The molecule has 0 aliphatic heterocycles. The van der Waals surface area contributed by atoms with Crippen LogP contribution >= 0.6 is 11.6 Å². The van der Waals surface area contributed by atoms with E-state index in [1.807, 2.05) is 20.9 Å². The molecule has 0 aliphatic carbocycles. The van der Waals surface area contributed by atoms with Crippen molar-refractivity contribution in [1.82, 2.24) is 15.1 Å². The van der Waals surface area contributed by atoms with Crippen LogP contribution in [0.25, 0.3) is 0 Å². The number of hydrogen-bond acceptors (Lipinski definition) is 3. The maximum atomic E-state index is 12.1. The Morgan fingerprint density at radius 2 is 2.09 bits per heavy atom. The second-order valence-corrected chi connectivity index (χ2v) is 5.89. The first kappa shape index (κ1) is 16.5. The first-order chi connectivity index (χ1) is 10.4. The molecule has 118 valence electrons. The molecule has 0 bridgehead atoms. The number of benzene rings is 1. The monoisotopic (exact) mass is 321 g/mol. The fourth-order valence-corrected chi connectivity index (χ4v) is 2.53. The Bertz CT molecular complexity index is 667. The molecule has 1 amide bonds. The van der Waals surface area contributed by atoms with Gasteiger partial charge in [-0.3, -0.25) is 9.48 Å². The van der Waals surface area contributed by atoms with Crippen LogP contribution in [0.1, 0.15) is 47.6 Å². The van der Waals surface area contributed by atoms with Crippen LogP contribution < -0.4 is 5.32 Å². The number of nitrogens with one attached hydrogen (secondary N) is 1. The highest BCUT2D eigenvalue weighted by atomic mass is 35.5. The molecule has 22 heavy (non-hydrogen) atoms. The third kappa shape index (κ3) is 3.67. The van der Waals surface area contributed by atoms with Crippen LogP contribution in [0.15, 0.2) is 30.3 Å². The summed E-state index contributed by atoms with van der Waals surface area (Å²) in [4.78, 5) is 12.1. The topological polar surface area (TPSA) is 67.2 Å². The number of aromatic nitrogens is 2. The minimum atomic E-state index is -0.856. The fraction of sp³-hybridized carbons (Fsp3) is 0.375. The zero-order valence-corrected chi connectivity index (χ0v) is 13.6. The number of rotatable bonds is 5. The van der Waals surface area contributed by atoms with E-state index in [0.717, 1.165) is 5.69 Å². The average molecular weight is 322 g/mol. The first-order valence-electron chi connectivity index (χ1n) is 7.14. The highest BCUT2D eigenvalue weighted by Gasteiger charge is 2.17. The normalized spacial score (nSPS) is 12.5. The van der Waals surface area contributed by atoms with Gasteiger partial charge in [0, 0.05) is 29.9 Å². The van der Waals surface area contributed by atoms with Gasteiger partial charge in [0.2, 0.25) is 0 Å². The quantitative estimate of drug-likeness (QED) is 0.889. The molecule has 1 unspecified atom stereocenters. The number of carbonyl (C=O) groups is 1. The van der Waals surface area contributed by atoms with Gasteiger partial charge in [-0.25, -0.2) is 0 Å². The van der Waals surface area contributed by atoms with Crippen molar-refractivity contribution in [1.29, 1.82) is 0 Å². The van der Waals surface area contributed by atoms with Crippen molar-refractivity contribution in [3.05, 3.63) is 52.3 Å². The minimum absolute atomic E-state index is 0.0795. The van der Waals surface area contributed by atoms with Crippen LogP contribution in [0.5, 0.6) is 0 Å². The molecule has 6 heteroatoms. The molecule has 1 aromatic heterocycles. The Morgan fingerprint density at radius 3 is 2.68 bits per heavy atom. The van der Waals surface area contributed by atoms with Crippen molar-refractivity contribution in [2.24, 2.45) is 7.05 Å². The highest BCUT2D eigenvalue weighted by molar-refractivity contribution is 6.31. The summed E-state index contributed by atoms with van der Waals surface area (Å²) in [6.07, 6.45) is -0.856. The Balaban J connectivity index is 2.01. The predicted octanol–water partition coefficient (Wildman–Crippen LogP) is 2.66. The molecular formula is C16H20ClN3O2. The number of halogens is 1. The minimum Gasteiger partial charge on any atom is -0.387 e. The van der Waals surface area contributed by atoms with Gasteiger partial charge in [-0.15, -0.1) is 0 Å². The number of amides is 1. The Kier molecular flexibility index (Phi) is 5.21. The molecule has 0 fully saturated rings. The fourth-order valence-electron chi connectivity index (χ4n) is 2.27. The van der Waals surface area contributed by atoms with Gasteiger partial charge in [-0.2, -0.15) is 5.10 Å². The lowest BCUT2D eigenvalue weighted by Gasteiger charge is -2.13.